The minimum absolute atomic E-state index is 0.521. The highest BCUT2D eigenvalue weighted by Crippen LogP contribution is 2.05. The molecule has 2 nitrogen and oxygen atoms in total. The summed E-state index contributed by atoms with van der Waals surface area (Å²) in [5.41, 5.74) is 1.13. The summed E-state index contributed by atoms with van der Waals surface area (Å²) < 4.78 is 0. The van der Waals surface area contributed by atoms with Crippen molar-refractivity contribution in [3.05, 3.63) is 29.0 Å². The van der Waals surface area contributed by atoms with Crippen LogP contribution in [0.4, 0.5) is 0 Å². The molecule has 0 aliphatic carbocycles. The van der Waals surface area contributed by atoms with Gasteiger partial charge in [-0.25, -0.2) is 9.82 Å². The molecule has 0 aliphatic rings. The summed E-state index contributed by atoms with van der Waals surface area (Å²) >= 11 is 10.9. The van der Waals surface area contributed by atoms with Crippen LogP contribution in [0.15, 0.2) is 18.3 Å². The van der Waals surface area contributed by atoms with E-state index < -0.39 is 0 Å². The van der Waals surface area contributed by atoms with Crippen molar-refractivity contribution in [2.45, 2.75) is 6.42 Å². The number of rotatable bonds is 3. The van der Waals surface area contributed by atoms with Gasteiger partial charge in [0.2, 0.25) is 0 Å². The second-order valence-corrected chi connectivity index (χ2v) is 2.78. The minimum atomic E-state index is 0.521. The molecule has 0 radical (unpaired) electrons. The van der Waals surface area contributed by atoms with Crippen molar-refractivity contribution < 1.29 is 0 Å². The van der Waals surface area contributed by atoms with E-state index in [-0.39, 0.29) is 0 Å². The van der Waals surface area contributed by atoms with Crippen LogP contribution in [0.3, 0.4) is 0 Å². The van der Waals surface area contributed by atoms with Gasteiger partial charge in [-0.05, 0) is 29.8 Å². The summed E-state index contributed by atoms with van der Waals surface area (Å²) in [5, 5.41) is 0.521. The molecule has 1 aromatic rings. The monoisotopic (exact) mass is 190 g/mol. The predicted octanol–water partition coefficient (Wildman–Crippen LogP) is 2.02. The Morgan fingerprint density at radius 1 is 1.45 bits per heavy atom. The maximum Gasteiger partial charge on any atom is 0.129 e. The van der Waals surface area contributed by atoms with Gasteiger partial charge in [-0.1, -0.05) is 17.7 Å². The highest BCUT2D eigenvalue weighted by Gasteiger charge is 1.92. The molecule has 0 saturated heterocycles. The van der Waals surface area contributed by atoms with Gasteiger partial charge in [-0.2, -0.15) is 0 Å². The van der Waals surface area contributed by atoms with E-state index in [4.69, 9.17) is 23.4 Å². The molecule has 0 saturated carbocycles. The van der Waals surface area contributed by atoms with Gasteiger partial charge in [0.15, 0.2) is 0 Å². The molecule has 0 aromatic carbocycles. The molecule has 0 atom stereocenters. The van der Waals surface area contributed by atoms with Crippen molar-refractivity contribution in [2.24, 2.45) is 0 Å². The second-order valence-electron chi connectivity index (χ2n) is 2.12. The van der Waals surface area contributed by atoms with Crippen molar-refractivity contribution in [1.29, 1.82) is 0 Å². The van der Waals surface area contributed by atoms with Crippen molar-refractivity contribution in [3.8, 4) is 0 Å². The van der Waals surface area contributed by atoms with E-state index in [1.807, 2.05) is 6.07 Å². The first-order valence-electron chi connectivity index (χ1n) is 3.27. The number of nitrogens with one attached hydrogen (secondary N) is 1. The van der Waals surface area contributed by atoms with Gasteiger partial charge >= 0.3 is 0 Å². The van der Waals surface area contributed by atoms with E-state index >= 15 is 0 Å². The summed E-state index contributed by atoms with van der Waals surface area (Å²) in [5.74, 6) is 0. The Labute approximate surface area is 75.6 Å². The average molecular weight is 191 g/mol. The van der Waals surface area contributed by atoms with Gasteiger partial charge in [0, 0.05) is 12.7 Å². The van der Waals surface area contributed by atoms with Crippen LogP contribution in [0.1, 0.15) is 5.56 Å². The second kappa shape index (κ2) is 4.54. The van der Waals surface area contributed by atoms with Crippen molar-refractivity contribution >= 4 is 23.4 Å². The summed E-state index contributed by atoms with van der Waals surface area (Å²) in [6.45, 7) is 0.741. The molecular formula is C7H8Cl2N2. The van der Waals surface area contributed by atoms with E-state index in [9.17, 15) is 0 Å². The predicted molar refractivity (Wildman–Crippen MR) is 46.8 cm³/mol. The van der Waals surface area contributed by atoms with Gasteiger partial charge in [0.25, 0.3) is 0 Å². The number of pyridine rings is 1. The lowest BCUT2D eigenvalue weighted by Gasteiger charge is -1.97. The quantitative estimate of drug-likeness (QED) is 0.583. The molecule has 0 bridgehead atoms. The molecule has 1 rings (SSSR count). The topological polar surface area (TPSA) is 24.9 Å². The van der Waals surface area contributed by atoms with Gasteiger partial charge in [-0.15, -0.1) is 0 Å². The van der Waals surface area contributed by atoms with Crippen LogP contribution < -0.4 is 4.84 Å². The zero-order valence-corrected chi connectivity index (χ0v) is 7.36. The third-order valence-corrected chi connectivity index (χ3v) is 1.71. The maximum absolute atomic E-state index is 5.59. The molecule has 0 unspecified atom stereocenters. The molecule has 60 valence electrons. The van der Waals surface area contributed by atoms with Crippen LogP contribution in [-0.2, 0) is 6.42 Å². The van der Waals surface area contributed by atoms with Crippen LogP contribution in [-0.4, -0.2) is 11.5 Å². The first-order chi connectivity index (χ1) is 5.33. The number of halogens is 2. The Bertz CT molecular complexity index is 210. The lowest BCUT2D eigenvalue weighted by Crippen LogP contribution is -2.04. The van der Waals surface area contributed by atoms with Gasteiger partial charge in [0.1, 0.15) is 5.15 Å². The third-order valence-electron chi connectivity index (χ3n) is 1.30. The zero-order chi connectivity index (χ0) is 8.10. The molecule has 11 heavy (non-hydrogen) atoms. The van der Waals surface area contributed by atoms with Crippen LogP contribution >= 0.6 is 23.4 Å². The van der Waals surface area contributed by atoms with E-state index in [1.54, 1.807) is 12.3 Å². The summed E-state index contributed by atoms with van der Waals surface area (Å²) in [7, 11) is 0. The van der Waals surface area contributed by atoms with Crippen molar-refractivity contribution in [2.75, 3.05) is 6.54 Å². The molecule has 4 heteroatoms. The van der Waals surface area contributed by atoms with Gasteiger partial charge < -0.3 is 0 Å². The van der Waals surface area contributed by atoms with Gasteiger partial charge in [0.05, 0.1) is 0 Å². The fourth-order valence-electron chi connectivity index (χ4n) is 0.746. The molecule has 1 heterocycles. The SMILES string of the molecule is ClNCCc1ccc(Cl)nc1. The highest BCUT2D eigenvalue weighted by molar-refractivity contribution is 6.29. The first kappa shape index (κ1) is 8.78. The largest absolute Gasteiger partial charge is 0.244 e. The smallest absolute Gasteiger partial charge is 0.129 e. The Hall–Kier alpha value is -0.310. The van der Waals surface area contributed by atoms with E-state index in [1.165, 1.54) is 0 Å². The van der Waals surface area contributed by atoms with E-state index in [2.05, 4.69) is 9.82 Å². The highest BCUT2D eigenvalue weighted by atomic mass is 35.5. The molecule has 0 fully saturated rings. The third kappa shape index (κ3) is 3.06. The lowest BCUT2D eigenvalue weighted by molar-refractivity contribution is 0.893. The Morgan fingerprint density at radius 3 is 2.82 bits per heavy atom. The Balaban J connectivity index is 2.52. The Kier molecular flexibility index (Phi) is 3.63. The summed E-state index contributed by atoms with van der Waals surface area (Å²) in [4.78, 5) is 6.47. The summed E-state index contributed by atoms with van der Waals surface area (Å²) in [6.07, 6.45) is 2.62. The van der Waals surface area contributed by atoms with E-state index in [0.29, 0.717) is 5.15 Å². The number of nitrogens with zero attached hydrogens (tertiary/aromatic N) is 1. The molecule has 0 amide bonds. The standard InChI is InChI=1S/C7H8Cl2N2/c8-7-2-1-6(5-10-7)3-4-11-9/h1-2,5,11H,3-4H2. The molecule has 0 spiro atoms. The van der Waals surface area contributed by atoms with Crippen LogP contribution in [0.25, 0.3) is 0 Å². The molecular weight excluding hydrogens is 183 g/mol. The average Bonchev–Trinajstić information content (AvgIpc) is 2.04. The van der Waals surface area contributed by atoms with Gasteiger partial charge in [-0.3, -0.25) is 0 Å². The molecule has 0 aliphatic heterocycles. The molecule has 1 N–H and O–H groups in total. The van der Waals surface area contributed by atoms with Crippen LogP contribution in [0.2, 0.25) is 5.15 Å². The fraction of sp³-hybridized carbons (Fsp3) is 0.286. The minimum Gasteiger partial charge on any atom is -0.244 e. The molecule has 1 aromatic heterocycles. The number of hydrogen-bond donors (Lipinski definition) is 1. The van der Waals surface area contributed by atoms with E-state index in [0.717, 1.165) is 18.5 Å². The lowest BCUT2D eigenvalue weighted by atomic mass is 10.2. The first-order valence-corrected chi connectivity index (χ1v) is 4.02. The normalized spacial score (nSPS) is 10.0. The van der Waals surface area contributed by atoms with Crippen molar-refractivity contribution in [3.63, 3.8) is 0 Å². The number of hydrogen-bond acceptors (Lipinski definition) is 2. The Morgan fingerprint density at radius 2 is 2.27 bits per heavy atom. The number of aromatic nitrogens is 1. The van der Waals surface area contributed by atoms with Crippen molar-refractivity contribution in [1.82, 2.24) is 9.82 Å². The summed E-state index contributed by atoms with van der Waals surface area (Å²) in [6, 6.07) is 3.70. The van der Waals surface area contributed by atoms with Crippen LogP contribution in [0.5, 0.6) is 0 Å². The van der Waals surface area contributed by atoms with Crippen LogP contribution in [0, 0.1) is 0 Å². The maximum atomic E-state index is 5.59. The fourth-order valence-corrected chi connectivity index (χ4v) is 0.952. The zero-order valence-electron chi connectivity index (χ0n) is 5.85.